The molecule has 9 heteroatoms. The SMILES string of the molecule is CC(C)CNC(=O)c1cc(CN(CC2CCCO2)C(=O)c2cc(F)cc(F)c2)on1. The first-order valence-corrected chi connectivity index (χ1v) is 9.92. The van der Waals surface area contributed by atoms with Gasteiger partial charge in [-0.1, -0.05) is 19.0 Å². The lowest BCUT2D eigenvalue weighted by atomic mass is 10.1. The Balaban J connectivity index is 1.76. The average molecular weight is 421 g/mol. The standard InChI is InChI=1S/C21H25F2N3O4/c1-13(2)10-24-20(27)19-9-18(30-25-19)12-26(11-17-4-3-5-29-17)21(28)14-6-15(22)8-16(23)7-14/h6-9,13,17H,3-5,10-12H2,1-2H3,(H,24,27). The maximum atomic E-state index is 13.6. The number of nitrogens with one attached hydrogen (secondary N) is 1. The molecule has 1 aromatic heterocycles. The number of carbonyl (C=O) groups is 2. The number of nitrogens with zero attached hydrogens (tertiary/aromatic N) is 2. The van der Waals surface area contributed by atoms with Crippen molar-refractivity contribution in [3.05, 3.63) is 52.9 Å². The quantitative estimate of drug-likeness (QED) is 0.708. The van der Waals surface area contributed by atoms with Crippen molar-refractivity contribution < 1.29 is 27.6 Å². The number of benzene rings is 1. The van der Waals surface area contributed by atoms with Crippen LogP contribution in [0.25, 0.3) is 0 Å². The minimum absolute atomic E-state index is 0.0126. The van der Waals surface area contributed by atoms with E-state index in [1.54, 1.807) is 0 Å². The Bertz CT molecular complexity index is 874. The minimum atomic E-state index is -0.834. The van der Waals surface area contributed by atoms with E-state index in [0.29, 0.717) is 19.2 Å². The fourth-order valence-electron chi connectivity index (χ4n) is 3.18. The van der Waals surface area contributed by atoms with Crippen molar-refractivity contribution in [2.45, 2.75) is 39.3 Å². The summed E-state index contributed by atoms with van der Waals surface area (Å²) in [5, 5.41) is 6.50. The molecule has 2 amide bonds. The van der Waals surface area contributed by atoms with Crippen molar-refractivity contribution in [2.75, 3.05) is 19.7 Å². The van der Waals surface area contributed by atoms with E-state index in [0.717, 1.165) is 25.0 Å². The molecule has 1 fully saturated rings. The second-order valence-corrected chi connectivity index (χ2v) is 7.76. The van der Waals surface area contributed by atoms with Gasteiger partial charge >= 0.3 is 0 Å². The van der Waals surface area contributed by atoms with Gasteiger partial charge in [0.05, 0.1) is 12.6 Å². The third-order valence-corrected chi connectivity index (χ3v) is 4.65. The van der Waals surface area contributed by atoms with Crippen molar-refractivity contribution in [3.63, 3.8) is 0 Å². The summed E-state index contributed by atoms with van der Waals surface area (Å²) >= 11 is 0. The van der Waals surface area contributed by atoms with Gasteiger partial charge in [-0.15, -0.1) is 0 Å². The van der Waals surface area contributed by atoms with Gasteiger partial charge < -0.3 is 19.5 Å². The van der Waals surface area contributed by atoms with Gasteiger partial charge in [0.15, 0.2) is 11.5 Å². The Kier molecular flexibility index (Phi) is 7.15. The van der Waals surface area contributed by atoms with Gasteiger partial charge in [-0.2, -0.15) is 0 Å². The van der Waals surface area contributed by atoms with Crippen LogP contribution in [0.5, 0.6) is 0 Å². The summed E-state index contributed by atoms with van der Waals surface area (Å²) < 4.78 is 38.0. The molecule has 1 N–H and O–H groups in total. The fourth-order valence-corrected chi connectivity index (χ4v) is 3.18. The van der Waals surface area contributed by atoms with Crippen LogP contribution in [-0.4, -0.2) is 47.7 Å². The maximum Gasteiger partial charge on any atom is 0.273 e. The van der Waals surface area contributed by atoms with Crippen LogP contribution in [-0.2, 0) is 11.3 Å². The molecule has 1 atom stereocenters. The summed E-state index contributed by atoms with van der Waals surface area (Å²) in [5.41, 5.74) is -0.00752. The maximum absolute atomic E-state index is 13.6. The van der Waals surface area contributed by atoms with Crippen LogP contribution < -0.4 is 5.32 Å². The van der Waals surface area contributed by atoms with Crippen molar-refractivity contribution >= 4 is 11.8 Å². The number of hydrogen-bond acceptors (Lipinski definition) is 5. The van der Waals surface area contributed by atoms with Gasteiger partial charge in [-0.25, -0.2) is 8.78 Å². The lowest BCUT2D eigenvalue weighted by molar-refractivity contribution is 0.0486. The second-order valence-electron chi connectivity index (χ2n) is 7.76. The Hall–Kier alpha value is -2.81. The predicted octanol–water partition coefficient (Wildman–Crippen LogP) is 3.16. The van der Waals surface area contributed by atoms with Crippen LogP contribution in [0, 0.1) is 17.6 Å². The number of hydrogen-bond donors (Lipinski definition) is 1. The molecule has 1 aliphatic rings. The molecule has 0 aliphatic carbocycles. The number of aromatic nitrogens is 1. The smallest absolute Gasteiger partial charge is 0.273 e. The van der Waals surface area contributed by atoms with Gasteiger partial charge in [-0.05, 0) is 30.9 Å². The third kappa shape index (κ3) is 5.85. The van der Waals surface area contributed by atoms with Crippen LogP contribution in [0.3, 0.4) is 0 Å². The van der Waals surface area contributed by atoms with E-state index < -0.39 is 17.5 Å². The van der Waals surface area contributed by atoms with Crippen LogP contribution in [0.1, 0.15) is 53.3 Å². The van der Waals surface area contributed by atoms with E-state index in [9.17, 15) is 18.4 Å². The number of amides is 2. The van der Waals surface area contributed by atoms with Crippen molar-refractivity contribution in [3.8, 4) is 0 Å². The molecule has 162 valence electrons. The van der Waals surface area contributed by atoms with Gasteiger partial charge in [-0.3, -0.25) is 9.59 Å². The molecule has 0 bridgehead atoms. The first kappa shape index (κ1) is 21.9. The van der Waals surface area contributed by atoms with Crippen LogP contribution in [0.2, 0.25) is 0 Å². The van der Waals surface area contributed by atoms with Crippen molar-refractivity contribution in [2.24, 2.45) is 5.92 Å². The lowest BCUT2D eigenvalue weighted by Crippen LogP contribution is -2.37. The summed E-state index contributed by atoms with van der Waals surface area (Å²) in [6.45, 7) is 5.25. The summed E-state index contributed by atoms with van der Waals surface area (Å²) in [7, 11) is 0. The molecule has 0 radical (unpaired) electrons. The largest absolute Gasteiger partial charge is 0.376 e. The van der Waals surface area contributed by atoms with Crippen molar-refractivity contribution in [1.82, 2.24) is 15.4 Å². The normalized spacial score (nSPS) is 16.1. The van der Waals surface area contributed by atoms with Crippen LogP contribution in [0.4, 0.5) is 8.78 Å². The summed E-state index contributed by atoms with van der Waals surface area (Å²) in [5.74, 6) is -2.04. The monoisotopic (exact) mass is 421 g/mol. The highest BCUT2D eigenvalue weighted by atomic mass is 19.1. The number of carbonyl (C=O) groups excluding carboxylic acids is 2. The minimum Gasteiger partial charge on any atom is -0.376 e. The zero-order valence-corrected chi connectivity index (χ0v) is 17.0. The van der Waals surface area contributed by atoms with E-state index in [-0.39, 0.29) is 48.0 Å². The summed E-state index contributed by atoms with van der Waals surface area (Å²) in [6.07, 6.45) is 1.48. The molecule has 1 unspecified atom stereocenters. The molecular formula is C21H25F2N3O4. The van der Waals surface area contributed by atoms with E-state index in [1.165, 1.54) is 11.0 Å². The van der Waals surface area contributed by atoms with E-state index >= 15 is 0 Å². The second kappa shape index (κ2) is 9.80. The highest BCUT2D eigenvalue weighted by Crippen LogP contribution is 2.19. The molecule has 0 spiro atoms. The highest BCUT2D eigenvalue weighted by Gasteiger charge is 2.26. The number of ether oxygens (including phenoxy) is 1. The molecular weight excluding hydrogens is 396 g/mol. The van der Waals surface area contributed by atoms with E-state index in [4.69, 9.17) is 9.26 Å². The molecule has 30 heavy (non-hydrogen) atoms. The van der Waals surface area contributed by atoms with E-state index in [2.05, 4.69) is 10.5 Å². The molecule has 1 saturated heterocycles. The van der Waals surface area contributed by atoms with Crippen LogP contribution in [0.15, 0.2) is 28.8 Å². The van der Waals surface area contributed by atoms with E-state index in [1.807, 2.05) is 13.8 Å². The summed E-state index contributed by atoms with van der Waals surface area (Å²) in [4.78, 5) is 26.5. The molecule has 2 heterocycles. The van der Waals surface area contributed by atoms with Crippen LogP contribution >= 0.6 is 0 Å². The average Bonchev–Trinajstić information content (AvgIpc) is 3.36. The molecule has 7 nitrogen and oxygen atoms in total. The third-order valence-electron chi connectivity index (χ3n) is 4.65. The Labute approximate surface area is 173 Å². The fraction of sp³-hybridized carbons (Fsp3) is 0.476. The topological polar surface area (TPSA) is 84.7 Å². The van der Waals surface area contributed by atoms with Gasteiger partial charge in [0.2, 0.25) is 0 Å². The number of rotatable bonds is 8. The first-order chi connectivity index (χ1) is 14.3. The molecule has 0 saturated carbocycles. The summed E-state index contributed by atoms with van der Waals surface area (Å²) in [6, 6.07) is 4.13. The zero-order valence-electron chi connectivity index (χ0n) is 17.0. The first-order valence-electron chi connectivity index (χ1n) is 9.92. The predicted molar refractivity (Wildman–Crippen MR) is 104 cm³/mol. The molecule has 2 aromatic rings. The van der Waals surface area contributed by atoms with Crippen molar-refractivity contribution in [1.29, 1.82) is 0 Å². The van der Waals surface area contributed by atoms with Gasteiger partial charge in [0.1, 0.15) is 11.6 Å². The van der Waals surface area contributed by atoms with Gasteiger partial charge in [0, 0.05) is 37.4 Å². The molecule has 3 rings (SSSR count). The van der Waals surface area contributed by atoms with Gasteiger partial charge in [0.25, 0.3) is 11.8 Å². The Morgan fingerprint density at radius 1 is 1.23 bits per heavy atom. The highest BCUT2D eigenvalue weighted by molar-refractivity contribution is 5.94. The Morgan fingerprint density at radius 3 is 2.60 bits per heavy atom. The Morgan fingerprint density at radius 2 is 1.97 bits per heavy atom. The molecule has 1 aliphatic heterocycles. The zero-order chi connectivity index (χ0) is 21.7. The number of halogens is 2. The molecule has 1 aromatic carbocycles. The lowest BCUT2D eigenvalue weighted by Gasteiger charge is -2.24.